The van der Waals surface area contributed by atoms with E-state index in [1.165, 1.54) is 18.9 Å². The molecule has 2 aromatic rings. The minimum atomic E-state index is -0.783. The van der Waals surface area contributed by atoms with Gasteiger partial charge in [0, 0.05) is 19.0 Å². The summed E-state index contributed by atoms with van der Waals surface area (Å²) in [6.45, 7) is 3.00. The summed E-state index contributed by atoms with van der Waals surface area (Å²) in [5.74, 6) is -1.10. The molecule has 0 saturated carbocycles. The van der Waals surface area contributed by atoms with Crippen molar-refractivity contribution in [3.05, 3.63) is 42.0 Å². The molecule has 130 valence electrons. The highest BCUT2D eigenvalue weighted by Crippen LogP contribution is 2.35. The van der Waals surface area contributed by atoms with Crippen molar-refractivity contribution in [1.82, 2.24) is 5.32 Å². The maximum Gasteiger partial charge on any atom is 0.328 e. The lowest BCUT2D eigenvalue weighted by Crippen LogP contribution is -2.56. The van der Waals surface area contributed by atoms with E-state index in [0.29, 0.717) is 12.1 Å². The summed E-state index contributed by atoms with van der Waals surface area (Å²) in [7, 11) is 1.29. The van der Waals surface area contributed by atoms with Gasteiger partial charge < -0.3 is 10.1 Å². The average Bonchev–Trinajstić information content (AvgIpc) is 2.60. The lowest BCUT2D eigenvalue weighted by Gasteiger charge is -2.37. The molecule has 0 radical (unpaired) electrons. The third-order valence-electron chi connectivity index (χ3n) is 4.53. The molecule has 2 amide bonds. The first-order chi connectivity index (χ1) is 11.9. The van der Waals surface area contributed by atoms with Gasteiger partial charge in [0.25, 0.3) is 5.91 Å². The summed E-state index contributed by atoms with van der Waals surface area (Å²) >= 11 is 0. The summed E-state index contributed by atoms with van der Waals surface area (Å²) in [5, 5.41) is 4.75. The van der Waals surface area contributed by atoms with Gasteiger partial charge in [-0.1, -0.05) is 30.3 Å². The molecular weight excluding hydrogens is 320 g/mol. The standard InChI is InChI=1S/C19H20N2O4/c1-11(19(24)25-3)21-17-9-8-13-6-4-5-7-14(13)15(17)10-16(18(21)23)20-12(2)22/h4-9,11,16H,10H2,1-3H3,(H,20,22)/t11-,16?/m0/s1. The quantitative estimate of drug-likeness (QED) is 0.865. The first kappa shape index (κ1) is 17.0. The van der Waals surface area contributed by atoms with Crippen LogP contribution < -0.4 is 10.2 Å². The molecule has 0 spiro atoms. The monoisotopic (exact) mass is 340 g/mol. The third kappa shape index (κ3) is 2.95. The Balaban J connectivity index is 2.17. The molecule has 1 N–H and O–H groups in total. The number of hydrogen-bond acceptors (Lipinski definition) is 4. The number of nitrogens with one attached hydrogen (secondary N) is 1. The van der Waals surface area contributed by atoms with Gasteiger partial charge in [0.05, 0.1) is 7.11 Å². The van der Waals surface area contributed by atoms with Crippen LogP contribution in [0.2, 0.25) is 0 Å². The van der Waals surface area contributed by atoms with Crippen molar-refractivity contribution >= 4 is 34.2 Å². The smallest absolute Gasteiger partial charge is 0.328 e. The van der Waals surface area contributed by atoms with E-state index in [-0.39, 0.29) is 11.8 Å². The predicted octanol–water partition coefficient (Wildman–Crippen LogP) is 1.80. The zero-order chi connectivity index (χ0) is 18.1. The number of hydrogen-bond donors (Lipinski definition) is 1. The van der Waals surface area contributed by atoms with Gasteiger partial charge >= 0.3 is 5.97 Å². The molecule has 2 atom stereocenters. The fourth-order valence-electron chi connectivity index (χ4n) is 3.38. The minimum Gasteiger partial charge on any atom is -0.467 e. The number of anilines is 1. The second kappa shape index (κ2) is 6.55. The lowest BCUT2D eigenvalue weighted by molar-refractivity contribution is -0.143. The largest absolute Gasteiger partial charge is 0.467 e. The number of amides is 2. The number of methoxy groups -OCH3 is 1. The summed E-state index contributed by atoms with van der Waals surface area (Å²) in [6.07, 6.45) is 0.388. The van der Waals surface area contributed by atoms with Crippen LogP contribution in [-0.2, 0) is 25.5 Å². The van der Waals surface area contributed by atoms with Crippen LogP contribution in [0.4, 0.5) is 5.69 Å². The highest BCUT2D eigenvalue weighted by molar-refractivity contribution is 6.08. The van der Waals surface area contributed by atoms with E-state index >= 15 is 0 Å². The van der Waals surface area contributed by atoms with Crippen LogP contribution in [0.3, 0.4) is 0 Å². The van der Waals surface area contributed by atoms with E-state index in [1.54, 1.807) is 6.92 Å². The highest BCUT2D eigenvalue weighted by Gasteiger charge is 2.39. The second-order valence-electron chi connectivity index (χ2n) is 6.15. The van der Waals surface area contributed by atoms with Crippen LogP contribution in [0.5, 0.6) is 0 Å². The maximum absolute atomic E-state index is 12.9. The zero-order valence-electron chi connectivity index (χ0n) is 14.4. The molecule has 25 heavy (non-hydrogen) atoms. The Morgan fingerprint density at radius 1 is 1.24 bits per heavy atom. The molecule has 0 bridgehead atoms. The number of carbonyl (C=O) groups excluding carboxylic acids is 3. The Labute approximate surface area is 145 Å². The van der Waals surface area contributed by atoms with E-state index in [4.69, 9.17) is 4.74 Å². The zero-order valence-corrected chi connectivity index (χ0v) is 14.4. The summed E-state index contributed by atoms with van der Waals surface area (Å²) < 4.78 is 4.81. The van der Waals surface area contributed by atoms with Crippen LogP contribution in [0.25, 0.3) is 10.8 Å². The van der Waals surface area contributed by atoms with Gasteiger partial charge in [-0.3, -0.25) is 14.5 Å². The average molecular weight is 340 g/mol. The minimum absolute atomic E-state index is 0.285. The van der Waals surface area contributed by atoms with Gasteiger partial charge in [-0.05, 0) is 29.3 Å². The molecule has 6 heteroatoms. The van der Waals surface area contributed by atoms with Crippen LogP contribution in [0.1, 0.15) is 19.4 Å². The third-order valence-corrected chi connectivity index (χ3v) is 4.53. The van der Waals surface area contributed by atoms with E-state index in [2.05, 4.69) is 5.32 Å². The van der Waals surface area contributed by atoms with Gasteiger partial charge in [-0.15, -0.1) is 0 Å². The lowest BCUT2D eigenvalue weighted by atomic mass is 9.91. The van der Waals surface area contributed by atoms with Gasteiger partial charge in [0.15, 0.2) is 0 Å². The van der Waals surface area contributed by atoms with E-state index < -0.39 is 18.1 Å². The fourth-order valence-corrected chi connectivity index (χ4v) is 3.38. The Hall–Kier alpha value is -2.89. The van der Waals surface area contributed by atoms with Crippen LogP contribution in [-0.4, -0.2) is 37.0 Å². The van der Waals surface area contributed by atoms with Crippen LogP contribution in [0.15, 0.2) is 36.4 Å². The van der Waals surface area contributed by atoms with Crippen LogP contribution >= 0.6 is 0 Å². The Morgan fingerprint density at radius 2 is 1.96 bits per heavy atom. The number of nitrogens with zero attached hydrogens (tertiary/aromatic N) is 1. The highest BCUT2D eigenvalue weighted by atomic mass is 16.5. The van der Waals surface area contributed by atoms with E-state index in [9.17, 15) is 14.4 Å². The summed E-state index contributed by atoms with van der Waals surface area (Å²) in [4.78, 5) is 37.9. The second-order valence-corrected chi connectivity index (χ2v) is 6.15. The number of esters is 1. The molecule has 0 aliphatic carbocycles. The molecule has 1 heterocycles. The SMILES string of the molecule is COC(=O)[C@H](C)N1C(=O)C(NC(C)=O)Cc2c1ccc1ccccc21. The normalized spacial score (nSPS) is 17.8. The van der Waals surface area contributed by atoms with Crippen molar-refractivity contribution in [2.75, 3.05) is 12.0 Å². The van der Waals surface area contributed by atoms with Gasteiger partial charge in [0.1, 0.15) is 12.1 Å². The number of fused-ring (bicyclic) bond motifs is 3. The summed E-state index contributed by atoms with van der Waals surface area (Å²) in [6, 6.07) is 10.1. The number of benzene rings is 2. The Kier molecular flexibility index (Phi) is 4.44. The van der Waals surface area contributed by atoms with Gasteiger partial charge in [-0.2, -0.15) is 0 Å². The van der Waals surface area contributed by atoms with E-state index in [1.807, 2.05) is 36.4 Å². The molecule has 1 aliphatic rings. The molecule has 0 aromatic heterocycles. The topological polar surface area (TPSA) is 75.7 Å². The molecular formula is C19H20N2O4. The Morgan fingerprint density at radius 3 is 2.64 bits per heavy atom. The molecule has 3 rings (SSSR count). The van der Waals surface area contributed by atoms with Gasteiger partial charge in [0.2, 0.25) is 5.91 Å². The molecule has 1 aliphatic heterocycles. The fraction of sp³-hybridized carbons (Fsp3) is 0.316. The van der Waals surface area contributed by atoms with Gasteiger partial charge in [-0.25, -0.2) is 4.79 Å². The summed E-state index contributed by atoms with van der Waals surface area (Å²) in [5.41, 5.74) is 1.62. The molecule has 2 aromatic carbocycles. The van der Waals surface area contributed by atoms with Crippen molar-refractivity contribution in [3.63, 3.8) is 0 Å². The number of ether oxygens (including phenoxy) is 1. The molecule has 0 saturated heterocycles. The first-order valence-corrected chi connectivity index (χ1v) is 8.12. The van der Waals surface area contributed by atoms with Crippen molar-refractivity contribution in [1.29, 1.82) is 0 Å². The number of rotatable bonds is 3. The van der Waals surface area contributed by atoms with Crippen LogP contribution in [0, 0.1) is 0 Å². The predicted molar refractivity (Wildman–Crippen MR) is 94.2 cm³/mol. The number of carbonyl (C=O) groups is 3. The van der Waals surface area contributed by atoms with Crippen molar-refractivity contribution < 1.29 is 19.1 Å². The van der Waals surface area contributed by atoms with Crippen molar-refractivity contribution in [2.24, 2.45) is 0 Å². The van der Waals surface area contributed by atoms with Crippen molar-refractivity contribution in [3.8, 4) is 0 Å². The van der Waals surface area contributed by atoms with Crippen molar-refractivity contribution in [2.45, 2.75) is 32.4 Å². The molecule has 1 unspecified atom stereocenters. The first-order valence-electron chi connectivity index (χ1n) is 8.12. The Bertz CT molecular complexity index is 862. The molecule has 6 nitrogen and oxygen atoms in total. The van der Waals surface area contributed by atoms with E-state index in [0.717, 1.165) is 16.3 Å². The maximum atomic E-state index is 12.9. The molecule has 0 fully saturated rings.